The Kier molecular flexibility index (Phi) is 5.21. The maximum absolute atomic E-state index is 12.9. The summed E-state index contributed by atoms with van der Waals surface area (Å²) in [4.78, 5) is 48.4. The van der Waals surface area contributed by atoms with Crippen LogP contribution in [0, 0.1) is 10.1 Å². The van der Waals surface area contributed by atoms with Gasteiger partial charge in [0.05, 0.1) is 15.6 Å². The number of aromatic hydroxyl groups is 1. The van der Waals surface area contributed by atoms with Crippen LogP contribution in [-0.2, 0) is 9.59 Å². The third-order valence-electron chi connectivity index (χ3n) is 4.55. The molecule has 0 unspecified atom stereocenters. The summed E-state index contributed by atoms with van der Waals surface area (Å²) in [7, 11) is 0. The number of halogens is 1. The molecule has 4 rings (SSSR count). The maximum Gasteiger partial charge on any atom is 0.335 e. The summed E-state index contributed by atoms with van der Waals surface area (Å²) in [5, 5.41) is 22.4. The van der Waals surface area contributed by atoms with Gasteiger partial charge in [-0.3, -0.25) is 25.0 Å². The first-order chi connectivity index (χ1) is 15.2. The van der Waals surface area contributed by atoms with E-state index in [0.717, 1.165) is 4.90 Å². The zero-order valence-electron chi connectivity index (χ0n) is 15.9. The Bertz CT molecular complexity index is 1310. The molecule has 1 aliphatic heterocycles. The number of furan rings is 1. The van der Waals surface area contributed by atoms with E-state index in [4.69, 9.17) is 16.0 Å². The fourth-order valence-electron chi connectivity index (χ4n) is 3.03. The third kappa shape index (κ3) is 3.82. The predicted molar refractivity (Wildman–Crippen MR) is 113 cm³/mol. The Balaban J connectivity index is 1.66. The van der Waals surface area contributed by atoms with E-state index in [1.165, 1.54) is 60.7 Å². The molecule has 0 bridgehead atoms. The zero-order chi connectivity index (χ0) is 23.0. The SMILES string of the molecule is O=C1NC(=O)N(c2ccc(O)cc2)C(=O)/C1=C\c1ccc(-c2ccc([N+](=O)[O-])cc2Cl)o1. The van der Waals surface area contributed by atoms with Crippen LogP contribution in [0.25, 0.3) is 17.4 Å². The number of nitro benzene ring substituents is 1. The zero-order valence-corrected chi connectivity index (χ0v) is 16.7. The molecule has 4 amide bonds. The Morgan fingerprint density at radius 3 is 2.44 bits per heavy atom. The van der Waals surface area contributed by atoms with Crippen LogP contribution < -0.4 is 10.2 Å². The van der Waals surface area contributed by atoms with E-state index in [0.29, 0.717) is 5.56 Å². The lowest BCUT2D eigenvalue weighted by molar-refractivity contribution is -0.384. The second kappa shape index (κ2) is 8.00. The summed E-state index contributed by atoms with van der Waals surface area (Å²) < 4.78 is 5.63. The number of nitro groups is 1. The van der Waals surface area contributed by atoms with Gasteiger partial charge in [0.1, 0.15) is 22.8 Å². The minimum atomic E-state index is -0.930. The molecule has 0 radical (unpaired) electrons. The molecule has 0 saturated carbocycles. The number of urea groups is 1. The molecule has 2 aromatic carbocycles. The molecule has 2 heterocycles. The fourth-order valence-corrected chi connectivity index (χ4v) is 3.30. The highest BCUT2D eigenvalue weighted by Crippen LogP contribution is 2.33. The van der Waals surface area contributed by atoms with Crippen molar-refractivity contribution in [2.45, 2.75) is 0 Å². The number of imide groups is 2. The molecule has 32 heavy (non-hydrogen) atoms. The van der Waals surface area contributed by atoms with Gasteiger partial charge in [-0.1, -0.05) is 11.6 Å². The van der Waals surface area contributed by atoms with Crippen molar-refractivity contribution in [1.82, 2.24) is 5.32 Å². The molecule has 1 aromatic heterocycles. The summed E-state index contributed by atoms with van der Waals surface area (Å²) in [6.07, 6.45) is 1.17. The van der Waals surface area contributed by atoms with E-state index in [-0.39, 0.29) is 39.2 Å². The number of barbiturate groups is 1. The smallest absolute Gasteiger partial charge is 0.335 e. The minimum Gasteiger partial charge on any atom is -0.508 e. The standard InChI is InChI=1S/C21H12ClN3O7/c22-17-9-12(25(30)31)3-7-15(17)18-8-6-14(32-18)10-16-19(27)23-21(29)24(20(16)28)11-1-4-13(26)5-2-11/h1-10,26H,(H,23,27,29)/b16-10-. The minimum absolute atomic E-state index is 0.0570. The summed E-state index contributed by atoms with van der Waals surface area (Å²) in [6, 6.07) is 11.2. The normalized spacial score (nSPS) is 15.2. The van der Waals surface area contributed by atoms with Crippen LogP contribution in [0.2, 0.25) is 5.02 Å². The number of nitrogens with zero attached hydrogens (tertiary/aromatic N) is 2. The van der Waals surface area contributed by atoms with Gasteiger partial charge in [0.2, 0.25) is 0 Å². The van der Waals surface area contributed by atoms with Gasteiger partial charge < -0.3 is 9.52 Å². The van der Waals surface area contributed by atoms with Gasteiger partial charge in [-0.25, -0.2) is 9.69 Å². The van der Waals surface area contributed by atoms with Crippen molar-refractivity contribution in [2.75, 3.05) is 4.90 Å². The van der Waals surface area contributed by atoms with Crippen LogP contribution in [0.1, 0.15) is 5.76 Å². The van der Waals surface area contributed by atoms with Crippen molar-refractivity contribution >= 4 is 46.9 Å². The van der Waals surface area contributed by atoms with Gasteiger partial charge in [0.15, 0.2) is 0 Å². The van der Waals surface area contributed by atoms with Crippen LogP contribution in [0.5, 0.6) is 5.75 Å². The van der Waals surface area contributed by atoms with Crippen molar-refractivity contribution in [2.24, 2.45) is 0 Å². The number of carbonyl (C=O) groups excluding carboxylic acids is 3. The number of carbonyl (C=O) groups is 3. The molecule has 1 aliphatic rings. The number of benzene rings is 2. The summed E-state index contributed by atoms with van der Waals surface area (Å²) in [6.45, 7) is 0. The molecule has 1 fully saturated rings. The molecular weight excluding hydrogens is 442 g/mol. The molecule has 10 nitrogen and oxygen atoms in total. The molecular formula is C21H12ClN3O7. The molecule has 11 heteroatoms. The number of phenols is 1. The Morgan fingerprint density at radius 1 is 1.06 bits per heavy atom. The molecule has 1 saturated heterocycles. The quantitative estimate of drug-likeness (QED) is 0.264. The van der Waals surface area contributed by atoms with Gasteiger partial charge in [-0.2, -0.15) is 0 Å². The molecule has 0 aliphatic carbocycles. The number of hydrogen-bond acceptors (Lipinski definition) is 7. The third-order valence-corrected chi connectivity index (χ3v) is 4.86. The van der Waals surface area contributed by atoms with Crippen LogP contribution in [0.4, 0.5) is 16.2 Å². The topological polar surface area (TPSA) is 143 Å². The lowest BCUT2D eigenvalue weighted by atomic mass is 10.1. The number of anilines is 1. The van der Waals surface area contributed by atoms with Crippen molar-refractivity contribution < 1.29 is 28.8 Å². The first kappa shape index (κ1) is 20.8. The highest BCUT2D eigenvalue weighted by atomic mass is 35.5. The number of amides is 4. The first-order valence-corrected chi connectivity index (χ1v) is 9.37. The lowest BCUT2D eigenvalue weighted by Crippen LogP contribution is -2.54. The number of nitrogens with one attached hydrogen (secondary N) is 1. The van der Waals surface area contributed by atoms with Gasteiger partial charge >= 0.3 is 6.03 Å². The van der Waals surface area contributed by atoms with E-state index in [2.05, 4.69) is 5.32 Å². The van der Waals surface area contributed by atoms with E-state index >= 15 is 0 Å². The van der Waals surface area contributed by atoms with Crippen molar-refractivity contribution in [3.8, 4) is 17.1 Å². The van der Waals surface area contributed by atoms with Gasteiger partial charge in [0.25, 0.3) is 17.5 Å². The highest BCUT2D eigenvalue weighted by molar-refractivity contribution is 6.39. The van der Waals surface area contributed by atoms with Crippen molar-refractivity contribution in [3.05, 3.63) is 81.1 Å². The highest BCUT2D eigenvalue weighted by Gasteiger charge is 2.37. The van der Waals surface area contributed by atoms with Crippen molar-refractivity contribution in [3.63, 3.8) is 0 Å². The lowest BCUT2D eigenvalue weighted by Gasteiger charge is -2.26. The monoisotopic (exact) mass is 453 g/mol. The van der Waals surface area contributed by atoms with Crippen LogP contribution in [-0.4, -0.2) is 27.9 Å². The molecule has 0 spiro atoms. The van der Waals surface area contributed by atoms with Gasteiger partial charge in [-0.15, -0.1) is 0 Å². The average Bonchev–Trinajstić information content (AvgIpc) is 3.20. The number of non-ortho nitro benzene ring substituents is 1. The molecule has 2 N–H and O–H groups in total. The van der Waals surface area contributed by atoms with Crippen molar-refractivity contribution in [1.29, 1.82) is 0 Å². The molecule has 3 aromatic rings. The average molecular weight is 454 g/mol. The van der Waals surface area contributed by atoms with Gasteiger partial charge in [-0.05, 0) is 48.5 Å². The van der Waals surface area contributed by atoms with E-state index in [1.807, 2.05) is 0 Å². The summed E-state index contributed by atoms with van der Waals surface area (Å²) in [5.74, 6) is -1.46. The number of phenolic OH excluding ortho intramolecular Hbond substituents is 1. The van der Waals surface area contributed by atoms with Crippen LogP contribution in [0.15, 0.2) is 64.6 Å². The second-order valence-corrected chi connectivity index (χ2v) is 7.00. The van der Waals surface area contributed by atoms with E-state index in [9.17, 15) is 29.6 Å². The fraction of sp³-hybridized carbons (Fsp3) is 0. The van der Waals surface area contributed by atoms with E-state index < -0.39 is 22.8 Å². The molecule has 0 atom stereocenters. The Morgan fingerprint density at radius 2 is 1.78 bits per heavy atom. The van der Waals surface area contributed by atoms with Gasteiger partial charge in [0, 0.05) is 17.7 Å². The summed E-state index contributed by atoms with van der Waals surface area (Å²) >= 11 is 6.11. The Labute approximate surface area is 184 Å². The second-order valence-electron chi connectivity index (χ2n) is 6.60. The largest absolute Gasteiger partial charge is 0.508 e. The maximum atomic E-state index is 12.9. The number of rotatable bonds is 4. The van der Waals surface area contributed by atoms with Crippen LogP contribution >= 0.6 is 11.6 Å². The Hall–Kier alpha value is -4.44. The number of hydrogen-bond donors (Lipinski definition) is 2. The van der Waals surface area contributed by atoms with Crippen LogP contribution in [0.3, 0.4) is 0 Å². The summed E-state index contributed by atoms with van der Waals surface area (Å²) in [5.41, 5.74) is -0.00628. The van der Waals surface area contributed by atoms with E-state index in [1.54, 1.807) is 0 Å². The first-order valence-electron chi connectivity index (χ1n) is 8.99. The molecule has 160 valence electrons. The predicted octanol–water partition coefficient (Wildman–Crippen LogP) is 3.88.